The van der Waals surface area contributed by atoms with Gasteiger partial charge in [-0.3, -0.25) is 4.79 Å². The van der Waals surface area contributed by atoms with E-state index in [0.717, 1.165) is 15.7 Å². The molecule has 3 nitrogen and oxygen atoms in total. The van der Waals surface area contributed by atoms with Gasteiger partial charge < -0.3 is 10.1 Å². The van der Waals surface area contributed by atoms with Crippen molar-refractivity contribution in [3.05, 3.63) is 94.5 Å². The first-order valence-corrected chi connectivity index (χ1v) is 8.34. The first-order chi connectivity index (χ1) is 11.7. The molecule has 0 heterocycles. The second-order valence-electron chi connectivity index (χ2n) is 5.23. The van der Waals surface area contributed by atoms with E-state index < -0.39 is 0 Å². The third kappa shape index (κ3) is 4.24. The van der Waals surface area contributed by atoms with E-state index in [9.17, 15) is 4.79 Å². The maximum Gasteiger partial charge on any atom is 0.259 e. The van der Waals surface area contributed by atoms with Gasteiger partial charge in [0, 0.05) is 10.2 Å². The molecular weight excluding hydrogens is 366 g/mol. The SMILES string of the molecule is O=C(Nc1ccccc1)c1cc(Br)ccc1OCc1ccccc1. The Morgan fingerprint density at radius 1 is 0.917 bits per heavy atom. The van der Waals surface area contributed by atoms with E-state index in [2.05, 4.69) is 21.2 Å². The summed E-state index contributed by atoms with van der Waals surface area (Å²) in [6.45, 7) is 0.411. The Morgan fingerprint density at radius 2 is 1.58 bits per heavy atom. The van der Waals surface area contributed by atoms with Crippen LogP contribution in [0.5, 0.6) is 5.75 Å². The minimum Gasteiger partial charge on any atom is -0.488 e. The van der Waals surface area contributed by atoms with Crippen LogP contribution in [0.15, 0.2) is 83.3 Å². The van der Waals surface area contributed by atoms with Gasteiger partial charge in [-0.1, -0.05) is 64.5 Å². The summed E-state index contributed by atoms with van der Waals surface area (Å²) >= 11 is 3.41. The van der Waals surface area contributed by atoms with Crippen molar-refractivity contribution in [2.24, 2.45) is 0 Å². The predicted molar refractivity (Wildman–Crippen MR) is 99.3 cm³/mol. The maximum atomic E-state index is 12.6. The standard InChI is InChI=1S/C20H16BrNO2/c21-16-11-12-19(24-14-15-7-3-1-4-8-15)18(13-16)20(23)22-17-9-5-2-6-10-17/h1-13H,14H2,(H,22,23). The highest BCUT2D eigenvalue weighted by molar-refractivity contribution is 9.10. The van der Waals surface area contributed by atoms with Gasteiger partial charge in [-0.05, 0) is 35.9 Å². The van der Waals surface area contributed by atoms with E-state index >= 15 is 0 Å². The predicted octanol–water partition coefficient (Wildman–Crippen LogP) is 5.28. The third-order valence-electron chi connectivity index (χ3n) is 3.46. The average Bonchev–Trinajstić information content (AvgIpc) is 2.62. The van der Waals surface area contributed by atoms with Crippen LogP contribution in [0.25, 0.3) is 0 Å². The molecule has 0 aromatic heterocycles. The van der Waals surface area contributed by atoms with Gasteiger partial charge in [0.05, 0.1) is 5.56 Å². The quantitative estimate of drug-likeness (QED) is 0.652. The highest BCUT2D eigenvalue weighted by atomic mass is 79.9. The molecule has 0 bridgehead atoms. The van der Waals surface area contributed by atoms with E-state index in [0.29, 0.717) is 17.9 Å². The number of amides is 1. The molecule has 0 aliphatic carbocycles. The summed E-state index contributed by atoms with van der Waals surface area (Å²) in [4.78, 5) is 12.6. The zero-order chi connectivity index (χ0) is 16.8. The molecule has 0 saturated heterocycles. The van der Waals surface area contributed by atoms with Crippen LogP contribution in [-0.4, -0.2) is 5.91 Å². The second-order valence-corrected chi connectivity index (χ2v) is 6.15. The Balaban J connectivity index is 1.79. The Hall–Kier alpha value is -2.59. The number of carbonyl (C=O) groups excluding carboxylic acids is 1. The number of anilines is 1. The Kier molecular flexibility index (Phi) is 5.29. The van der Waals surface area contributed by atoms with Crippen molar-refractivity contribution in [3.63, 3.8) is 0 Å². The van der Waals surface area contributed by atoms with E-state index in [1.165, 1.54) is 0 Å². The van der Waals surface area contributed by atoms with Gasteiger partial charge >= 0.3 is 0 Å². The molecule has 0 spiro atoms. The molecule has 0 saturated carbocycles. The number of para-hydroxylation sites is 1. The first kappa shape index (κ1) is 16.3. The molecule has 0 aliphatic heterocycles. The number of carbonyl (C=O) groups is 1. The van der Waals surface area contributed by atoms with Gasteiger partial charge in [0.15, 0.2) is 0 Å². The molecule has 0 radical (unpaired) electrons. The van der Waals surface area contributed by atoms with Crippen LogP contribution in [-0.2, 0) is 6.61 Å². The first-order valence-electron chi connectivity index (χ1n) is 7.55. The van der Waals surface area contributed by atoms with Gasteiger partial charge in [-0.15, -0.1) is 0 Å². The lowest BCUT2D eigenvalue weighted by Gasteiger charge is -2.12. The molecule has 0 unspecified atom stereocenters. The van der Waals surface area contributed by atoms with Crippen LogP contribution < -0.4 is 10.1 Å². The number of ether oxygens (including phenoxy) is 1. The Bertz CT molecular complexity index is 820. The summed E-state index contributed by atoms with van der Waals surface area (Å²) in [5, 5.41) is 2.88. The van der Waals surface area contributed by atoms with Crippen LogP contribution in [0.4, 0.5) is 5.69 Å². The van der Waals surface area contributed by atoms with Crippen molar-refractivity contribution < 1.29 is 9.53 Å². The van der Waals surface area contributed by atoms with Gasteiger partial charge in [-0.25, -0.2) is 0 Å². The zero-order valence-corrected chi connectivity index (χ0v) is 14.5. The number of hydrogen-bond acceptors (Lipinski definition) is 2. The smallest absolute Gasteiger partial charge is 0.259 e. The van der Waals surface area contributed by atoms with Crippen LogP contribution in [0, 0.1) is 0 Å². The van der Waals surface area contributed by atoms with Crippen molar-refractivity contribution >= 4 is 27.5 Å². The summed E-state index contributed by atoms with van der Waals surface area (Å²) in [5.41, 5.74) is 2.29. The Labute approximate surface area is 149 Å². The monoisotopic (exact) mass is 381 g/mol. The normalized spacial score (nSPS) is 10.2. The van der Waals surface area contributed by atoms with Gasteiger partial charge in [-0.2, -0.15) is 0 Å². The van der Waals surface area contributed by atoms with Crippen molar-refractivity contribution in [2.75, 3.05) is 5.32 Å². The molecule has 0 aliphatic rings. The third-order valence-corrected chi connectivity index (χ3v) is 3.95. The lowest BCUT2D eigenvalue weighted by atomic mass is 10.1. The minimum atomic E-state index is -0.203. The average molecular weight is 382 g/mol. The van der Waals surface area contributed by atoms with Crippen molar-refractivity contribution in [3.8, 4) is 5.75 Å². The fraction of sp³-hybridized carbons (Fsp3) is 0.0500. The molecule has 1 amide bonds. The molecule has 4 heteroatoms. The van der Waals surface area contributed by atoms with E-state index in [4.69, 9.17) is 4.74 Å². The Morgan fingerprint density at radius 3 is 2.29 bits per heavy atom. The lowest BCUT2D eigenvalue weighted by Crippen LogP contribution is -2.13. The summed E-state index contributed by atoms with van der Waals surface area (Å²) < 4.78 is 6.68. The fourth-order valence-electron chi connectivity index (χ4n) is 2.26. The summed E-state index contributed by atoms with van der Waals surface area (Å²) in [6.07, 6.45) is 0. The zero-order valence-electron chi connectivity index (χ0n) is 12.9. The second kappa shape index (κ2) is 7.79. The number of halogens is 1. The molecule has 3 aromatic rings. The highest BCUT2D eigenvalue weighted by Crippen LogP contribution is 2.25. The lowest BCUT2D eigenvalue weighted by molar-refractivity contribution is 0.102. The maximum absolute atomic E-state index is 12.6. The molecule has 1 N–H and O–H groups in total. The molecule has 3 aromatic carbocycles. The van der Waals surface area contributed by atoms with E-state index in [1.54, 1.807) is 12.1 Å². The molecule has 120 valence electrons. The molecular formula is C20H16BrNO2. The number of nitrogens with one attached hydrogen (secondary N) is 1. The number of hydrogen-bond donors (Lipinski definition) is 1. The molecule has 3 rings (SSSR count). The van der Waals surface area contributed by atoms with Crippen molar-refractivity contribution in [1.82, 2.24) is 0 Å². The molecule has 0 atom stereocenters. The number of benzene rings is 3. The molecule has 24 heavy (non-hydrogen) atoms. The van der Waals surface area contributed by atoms with Crippen molar-refractivity contribution in [1.29, 1.82) is 0 Å². The van der Waals surface area contributed by atoms with E-state index in [-0.39, 0.29) is 5.91 Å². The summed E-state index contributed by atoms with van der Waals surface area (Å²) in [5.74, 6) is 0.348. The summed E-state index contributed by atoms with van der Waals surface area (Å²) in [7, 11) is 0. The molecule has 0 fully saturated rings. The van der Waals surface area contributed by atoms with Crippen molar-refractivity contribution in [2.45, 2.75) is 6.61 Å². The van der Waals surface area contributed by atoms with Crippen LogP contribution in [0.3, 0.4) is 0 Å². The van der Waals surface area contributed by atoms with E-state index in [1.807, 2.05) is 66.7 Å². The fourth-order valence-corrected chi connectivity index (χ4v) is 2.62. The van der Waals surface area contributed by atoms with Gasteiger partial charge in [0.2, 0.25) is 0 Å². The van der Waals surface area contributed by atoms with Crippen LogP contribution >= 0.6 is 15.9 Å². The number of rotatable bonds is 5. The van der Waals surface area contributed by atoms with Crippen LogP contribution in [0.1, 0.15) is 15.9 Å². The van der Waals surface area contributed by atoms with Gasteiger partial charge in [0.1, 0.15) is 12.4 Å². The highest BCUT2D eigenvalue weighted by Gasteiger charge is 2.14. The topological polar surface area (TPSA) is 38.3 Å². The summed E-state index contributed by atoms with van der Waals surface area (Å²) in [6, 6.07) is 24.6. The minimum absolute atomic E-state index is 0.203. The van der Waals surface area contributed by atoms with Gasteiger partial charge in [0.25, 0.3) is 5.91 Å². The largest absolute Gasteiger partial charge is 0.488 e. The van der Waals surface area contributed by atoms with Crippen LogP contribution in [0.2, 0.25) is 0 Å².